The maximum Gasteiger partial charge on any atom is 0.161 e. The van der Waals surface area contributed by atoms with Gasteiger partial charge in [0.2, 0.25) is 0 Å². The number of rotatable bonds is 5. The second kappa shape index (κ2) is 5.08. The van der Waals surface area contributed by atoms with Crippen molar-refractivity contribution >= 4 is 7.26 Å². The van der Waals surface area contributed by atoms with E-state index in [9.17, 15) is 5.11 Å². The Morgan fingerprint density at radius 2 is 1.73 bits per heavy atom. The van der Waals surface area contributed by atoms with Gasteiger partial charge in [-0.2, -0.15) is 0 Å². The molecule has 0 heterocycles. The van der Waals surface area contributed by atoms with E-state index in [1.807, 2.05) is 6.92 Å². The van der Waals surface area contributed by atoms with Crippen molar-refractivity contribution in [3.05, 3.63) is 0 Å². The van der Waals surface area contributed by atoms with E-state index < -0.39 is 7.26 Å². The van der Waals surface area contributed by atoms with Gasteiger partial charge in [-0.25, -0.2) is 0 Å². The number of aliphatic hydroxyl groups excluding tert-OH is 2. The maximum atomic E-state index is 9.53. The van der Waals surface area contributed by atoms with Crippen molar-refractivity contribution in [2.24, 2.45) is 0 Å². The van der Waals surface area contributed by atoms with Crippen molar-refractivity contribution in [2.75, 3.05) is 25.1 Å². The second-order valence-corrected chi connectivity index (χ2v) is 7.83. The van der Waals surface area contributed by atoms with Crippen LogP contribution in [0.4, 0.5) is 0 Å². The molecule has 2 nitrogen and oxygen atoms in total. The molecule has 0 bridgehead atoms. The molecule has 0 rings (SSSR count). The highest BCUT2D eigenvalue weighted by Crippen LogP contribution is 2.60. The molecule has 0 aromatic carbocycles. The van der Waals surface area contributed by atoms with Gasteiger partial charge in [-0.05, 0) is 20.8 Å². The standard InChI is InChI=1S/C8H20O2P/c1-4-11(5-2,7-6-9)8(3)10/h8-10H,4-7H2,1-3H3/q+1. The fourth-order valence-electron chi connectivity index (χ4n) is 1.45. The lowest BCUT2D eigenvalue weighted by Crippen LogP contribution is -2.18. The van der Waals surface area contributed by atoms with Crippen LogP contribution in [0.25, 0.3) is 0 Å². The van der Waals surface area contributed by atoms with Gasteiger partial charge in [0, 0.05) is 7.26 Å². The first-order chi connectivity index (χ1) is 5.13. The van der Waals surface area contributed by atoms with Gasteiger partial charge in [-0.3, -0.25) is 0 Å². The summed E-state index contributed by atoms with van der Waals surface area (Å²) in [6.07, 6.45) is 2.90. The van der Waals surface area contributed by atoms with Gasteiger partial charge in [0.25, 0.3) is 0 Å². The van der Waals surface area contributed by atoms with E-state index in [0.717, 1.165) is 18.5 Å². The minimum atomic E-state index is -1.22. The Labute approximate surface area is 70.0 Å². The molecule has 2 N–H and O–H groups in total. The first-order valence-electron chi connectivity index (χ1n) is 4.27. The van der Waals surface area contributed by atoms with Crippen LogP contribution in [0.2, 0.25) is 0 Å². The Bertz CT molecular complexity index is 100. The molecule has 0 aliphatic carbocycles. The van der Waals surface area contributed by atoms with E-state index in [-0.39, 0.29) is 12.5 Å². The molecule has 3 heteroatoms. The molecule has 11 heavy (non-hydrogen) atoms. The molecular weight excluding hydrogens is 159 g/mol. The predicted molar refractivity (Wildman–Crippen MR) is 51.6 cm³/mol. The van der Waals surface area contributed by atoms with Crippen LogP contribution in [0.1, 0.15) is 20.8 Å². The summed E-state index contributed by atoms with van der Waals surface area (Å²) in [5.74, 6) is -0.204. The SMILES string of the molecule is CC[P+](CC)(CCO)C(C)O. The molecule has 1 unspecified atom stereocenters. The van der Waals surface area contributed by atoms with Gasteiger partial charge >= 0.3 is 0 Å². The van der Waals surface area contributed by atoms with Crippen molar-refractivity contribution in [2.45, 2.75) is 26.6 Å². The molecule has 68 valence electrons. The lowest BCUT2D eigenvalue weighted by Gasteiger charge is -2.26. The first-order valence-corrected chi connectivity index (χ1v) is 6.69. The zero-order valence-corrected chi connectivity index (χ0v) is 8.64. The van der Waals surface area contributed by atoms with E-state index in [1.54, 1.807) is 0 Å². The fourth-order valence-corrected chi connectivity index (χ4v) is 4.36. The molecular formula is C8H20O2P+. The predicted octanol–water partition coefficient (Wildman–Crippen LogP) is 1.37. The number of hydrogen-bond acceptors (Lipinski definition) is 2. The molecule has 0 saturated carbocycles. The summed E-state index contributed by atoms with van der Waals surface area (Å²) in [5, 5.41) is 18.4. The molecule has 0 aromatic rings. The summed E-state index contributed by atoms with van der Waals surface area (Å²) in [7, 11) is -1.22. The highest BCUT2D eigenvalue weighted by atomic mass is 31.2. The molecule has 1 atom stereocenters. The van der Waals surface area contributed by atoms with Crippen LogP contribution in [0.5, 0.6) is 0 Å². The summed E-state index contributed by atoms with van der Waals surface area (Å²) < 4.78 is 0. The third-order valence-electron chi connectivity index (χ3n) is 2.60. The second-order valence-electron chi connectivity index (χ2n) is 2.93. The first kappa shape index (κ1) is 11.4. The van der Waals surface area contributed by atoms with E-state index in [2.05, 4.69) is 13.8 Å². The van der Waals surface area contributed by atoms with Crippen LogP contribution in [-0.2, 0) is 0 Å². The van der Waals surface area contributed by atoms with Crippen molar-refractivity contribution < 1.29 is 10.2 Å². The topological polar surface area (TPSA) is 40.5 Å². The zero-order chi connectivity index (χ0) is 8.91. The fraction of sp³-hybridized carbons (Fsp3) is 1.00. The average molecular weight is 179 g/mol. The minimum absolute atomic E-state index is 0.204. The maximum absolute atomic E-state index is 9.53. The summed E-state index contributed by atoms with van der Waals surface area (Å²) in [4.78, 5) is 0. The largest absolute Gasteiger partial charge is 0.393 e. The summed E-state index contributed by atoms with van der Waals surface area (Å²) in [6.45, 7) is 6.30. The normalized spacial score (nSPS) is 15.0. The molecule has 0 radical (unpaired) electrons. The molecule has 0 aliphatic rings. The van der Waals surface area contributed by atoms with Crippen LogP contribution >= 0.6 is 7.26 Å². The molecule has 0 fully saturated rings. The van der Waals surface area contributed by atoms with Crippen LogP contribution in [0.15, 0.2) is 0 Å². The Morgan fingerprint density at radius 1 is 1.27 bits per heavy atom. The third-order valence-corrected chi connectivity index (χ3v) is 7.79. The monoisotopic (exact) mass is 179 g/mol. The van der Waals surface area contributed by atoms with Crippen LogP contribution in [0, 0.1) is 0 Å². The van der Waals surface area contributed by atoms with Gasteiger partial charge in [0.15, 0.2) is 5.85 Å². The number of hydrogen-bond donors (Lipinski definition) is 2. The highest BCUT2D eigenvalue weighted by molar-refractivity contribution is 7.76. The van der Waals surface area contributed by atoms with Crippen LogP contribution < -0.4 is 0 Å². The van der Waals surface area contributed by atoms with E-state index in [0.29, 0.717) is 0 Å². The molecule has 0 saturated heterocycles. The molecule has 0 aliphatic heterocycles. The Kier molecular flexibility index (Phi) is 5.24. The van der Waals surface area contributed by atoms with Crippen molar-refractivity contribution in [1.82, 2.24) is 0 Å². The van der Waals surface area contributed by atoms with Gasteiger partial charge in [-0.1, -0.05) is 0 Å². The lowest BCUT2D eigenvalue weighted by atomic mass is 10.8. The highest BCUT2D eigenvalue weighted by Gasteiger charge is 2.38. The summed E-state index contributed by atoms with van der Waals surface area (Å²) in [6, 6.07) is 0. The summed E-state index contributed by atoms with van der Waals surface area (Å²) in [5.41, 5.74) is 0. The molecule has 0 aromatic heterocycles. The smallest absolute Gasteiger partial charge is 0.161 e. The van der Waals surface area contributed by atoms with Crippen molar-refractivity contribution in [3.63, 3.8) is 0 Å². The van der Waals surface area contributed by atoms with Gasteiger partial charge < -0.3 is 10.2 Å². The van der Waals surface area contributed by atoms with Crippen LogP contribution in [-0.4, -0.2) is 41.2 Å². The van der Waals surface area contributed by atoms with Gasteiger partial charge in [-0.15, -0.1) is 0 Å². The van der Waals surface area contributed by atoms with Crippen molar-refractivity contribution in [3.8, 4) is 0 Å². The van der Waals surface area contributed by atoms with E-state index in [4.69, 9.17) is 5.11 Å². The van der Waals surface area contributed by atoms with Gasteiger partial charge in [0.05, 0.1) is 25.1 Å². The minimum Gasteiger partial charge on any atom is -0.393 e. The van der Waals surface area contributed by atoms with E-state index >= 15 is 0 Å². The molecule has 0 amide bonds. The Hall–Kier alpha value is 0.350. The molecule has 0 spiro atoms. The van der Waals surface area contributed by atoms with Crippen LogP contribution in [0.3, 0.4) is 0 Å². The Morgan fingerprint density at radius 3 is 1.82 bits per heavy atom. The quantitative estimate of drug-likeness (QED) is 0.626. The Balaban J connectivity index is 4.20. The zero-order valence-electron chi connectivity index (χ0n) is 7.75. The number of aliphatic hydroxyl groups is 2. The van der Waals surface area contributed by atoms with Crippen molar-refractivity contribution in [1.29, 1.82) is 0 Å². The average Bonchev–Trinajstić information content (AvgIpc) is 2.00. The lowest BCUT2D eigenvalue weighted by molar-refractivity contribution is 0.269. The van der Waals surface area contributed by atoms with E-state index in [1.165, 1.54) is 0 Å². The third kappa shape index (κ3) is 2.70. The van der Waals surface area contributed by atoms with Gasteiger partial charge in [0.1, 0.15) is 0 Å². The summed E-state index contributed by atoms with van der Waals surface area (Å²) >= 11 is 0.